The van der Waals surface area contributed by atoms with E-state index >= 15 is 0 Å². The molecule has 0 saturated carbocycles. The highest BCUT2D eigenvalue weighted by Crippen LogP contribution is 2.44. The van der Waals surface area contributed by atoms with Crippen LogP contribution in [0.5, 0.6) is 0 Å². The number of amides is 1. The van der Waals surface area contributed by atoms with Gasteiger partial charge in [-0.2, -0.15) is 0 Å². The van der Waals surface area contributed by atoms with Gasteiger partial charge in [0.05, 0.1) is 11.5 Å². The minimum atomic E-state index is -0.426. The van der Waals surface area contributed by atoms with Crippen molar-refractivity contribution in [2.75, 3.05) is 20.1 Å². The van der Waals surface area contributed by atoms with E-state index in [0.29, 0.717) is 5.82 Å². The first kappa shape index (κ1) is 16.9. The number of fused-ring (bicyclic) bond motifs is 1. The summed E-state index contributed by atoms with van der Waals surface area (Å²) in [5.41, 5.74) is 2.00. The molecule has 2 saturated heterocycles. The molecule has 2 aliphatic rings. The van der Waals surface area contributed by atoms with Crippen LogP contribution < -0.4 is 5.32 Å². The third kappa shape index (κ3) is 2.53. The van der Waals surface area contributed by atoms with E-state index in [2.05, 4.69) is 60.1 Å². The number of hydrogen-bond donors (Lipinski definition) is 1. The summed E-state index contributed by atoms with van der Waals surface area (Å²) in [5, 5.41) is 3.59. The van der Waals surface area contributed by atoms with Gasteiger partial charge in [0.15, 0.2) is 0 Å². The zero-order chi connectivity index (χ0) is 18.3. The van der Waals surface area contributed by atoms with Crippen molar-refractivity contribution in [1.29, 1.82) is 0 Å². The number of rotatable bonds is 3. The normalized spacial score (nSPS) is 27.2. The lowest BCUT2D eigenvalue weighted by atomic mass is 9.78. The molecule has 2 aromatic carbocycles. The number of nitrogens with one attached hydrogen (secondary N) is 1. The van der Waals surface area contributed by atoms with E-state index in [1.165, 1.54) is 5.56 Å². The summed E-state index contributed by atoms with van der Waals surface area (Å²) in [6.07, 6.45) is 0. The van der Waals surface area contributed by atoms with Gasteiger partial charge in [0.1, 0.15) is 5.82 Å². The molecule has 0 aliphatic carbocycles. The number of likely N-dealkylation sites (tertiary alicyclic amines) is 1. The molecule has 2 aliphatic heterocycles. The topological polar surface area (TPSA) is 35.6 Å². The van der Waals surface area contributed by atoms with E-state index in [4.69, 9.17) is 0 Å². The summed E-state index contributed by atoms with van der Waals surface area (Å²) < 4.78 is 0. The fourth-order valence-electron chi connectivity index (χ4n) is 4.35. The van der Waals surface area contributed by atoms with E-state index < -0.39 is 5.54 Å². The van der Waals surface area contributed by atoms with Crippen LogP contribution in [-0.4, -0.2) is 35.8 Å². The van der Waals surface area contributed by atoms with Gasteiger partial charge in [-0.3, -0.25) is 9.69 Å². The second-order valence-electron chi connectivity index (χ2n) is 7.38. The highest BCUT2D eigenvalue weighted by Gasteiger charge is 2.56. The SMILES string of the molecule is C=C1NC2(c3ccccc3)CN([C@H](C)c3ccccc3)CC2C(=O)N1C. The van der Waals surface area contributed by atoms with Crippen molar-refractivity contribution in [2.24, 2.45) is 5.92 Å². The maximum atomic E-state index is 13.1. The van der Waals surface area contributed by atoms with Crippen molar-refractivity contribution in [2.45, 2.75) is 18.5 Å². The summed E-state index contributed by atoms with van der Waals surface area (Å²) in [6.45, 7) is 7.80. The van der Waals surface area contributed by atoms with Crippen LogP contribution in [0.25, 0.3) is 0 Å². The molecule has 4 heteroatoms. The minimum absolute atomic E-state index is 0.133. The van der Waals surface area contributed by atoms with Crippen molar-refractivity contribution < 1.29 is 4.79 Å². The number of hydrogen-bond acceptors (Lipinski definition) is 3. The molecule has 4 rings (SSSR count). The Morgan fingerprint density at radius 2 is 1.73 bits per heavy atom. The Morgan fingerprint density at radius 3 is 2.38 bits per heavy atom. The van der Waals surface area contributed by atoms with Crippen molar-refractivity contribution in [3.8, 4) is 0 Å². The van der Waals surface area contributed by atoms with Gasteiger partial charge in [0.2, 0.25) is 5.91 Å². The van der Waals surface area contributed by atoms with E-state index in [-0.39, 0.29) is 17.9 Å². The van der Waals surface area contributed by atoms with Gasteiger partial charge < -0.3 is 10.2 Å². The molecule has 0 aromatic heterocycles. The van der Waals surface area contributed by atoms with Crippen molar-refractivity contribution in [3.63, 3.8) is 0 Å². The average molecular weight is 347 g/mol. The molecule has 2 aromatic rings. The summed E-state index contributed by atoms with van der Waals surface area (Å²) in [6, 6.07) is 21.1. The van der Waals surface area contributed by atoms with Crippen LogP contribution in [-0.2, 0) is 10.3 Å². The Morgan fingerprint density at radius 1 is 1.12 bits per heavy atom. The second-order valence-corrected chi connectivity index (χ2v) is 7.38. The van der Waals surface area contributed by atoms with E-state index in [1.807, 2.05) is 24.3 Å². The van der Waals surface area contributed by atoms with Gasteiger partial charge in [-0.1, -0.05) is 67.2 Å². The van der Waals surface area contributed by atoms with Crippen LogP contribution in [0.3, 0.4) is 0 Å². The third-order valence-electron chi connectivity index (χ3n) is 5.98. The van der Waals surface area contributed by atoms with Gasteiger partial charge >= 0.3 is 0 Å². The summed E-state index contributed by atoms with van der Waals surface area (Å²) in [5.74, 6) is 0.677. The lowest BCUT2D eigenvalue weighted by molar-refractivity contribution is -0.137. The van der Waals surface area contributed by atoms with Crippen molar-refractivity contribution >= 4 is 5.91 Å². The maximum absolute atomic E-state index is 13.1. The zero-order valence-corrected chi connectivity index (χ0v) is 15.4. The van der Waals surface area contributed by atoms with Gasteiger partial charge in [-0.05, 0) is 18.1 Å². The Kier molecular flexibility index (Phi) is 4.08. The first-order valence-corrected chi connectivity index (χ1v) is 9.12. The van der Waals surface area contributed by atoms with Crippen LogP contribution in [0.2, 0.25) is 0 Å². The Labute approximate surface area is 155 Å². The Balaban J connectivity index is 1.74. The summed E-state index contributed by atoms with van der Waals surface area (Å²) in [7, 11) is 1.80. The molecule has 2 unspecified atom stereocenters. The maximum Gasteiger partial charge on any atom is 0.234 e. The molecular formula is C22H25N3O. The minimum Gasteiger partial charge on any atom is -0.360 e. The fraction of sp³-hybridized carbons (Fsp3) is 0.318. The van der Waals surface area contributed by atoms with Gasteiger partial charge in [0, 0.05) is 26.2 Å². The number of nitrogens with zero attached hydrogens (tertiary/aromatic N) is 2. The molecule has 2 heterocycles. The van der Waals surface area contributed by atoms with Crippen LogP contribution >= 0.6 is 0 Å². The molecule has 26 heavy (non-hydrogen) atoms. The Bertz CT molecular complexity index is 820. The fourth-order valence-corrected chi connectivity index (χ4v) is 4.35. The highest BCUT2D eigenvalue weighted by atomic mass is 16.2. The Hall–Kier alpha value is -2.59. The van der Waals surface area contributed by atoms with E-state index in [1.54, 1.807) is 11.9 Å². The lowest BCUT2D eigenvalue weighted by Crippen LogP contribution is -2.60. The van der Waals surface area contributed by atoms with Crippen LogP contribution in [0.15, 0.2) is 73.1 Å². The molecule has 1 amide bonds. The molecule has 4 nitrogen and oxygen atoms in total. The highest BCUT2D eigenvalue weighted by molar-refractivity contribution is 5.84. The van der Waals surface area contributed by atoms with Crippen molar-refractivity contribution in [3.05, 3.63) is 84.2 Å². The third-order valence-corrected chi connectivity index (χ3v) is 5.98. The van der Waals surface area contributed by atoms with E-state index in [0.717, 1.165) is 18.7 Å². The summed E-state index contributed by atoms with van der Waals surface area (Å²) >= 11 is 0. The first-order valence-electron chi connectivity index (χ1n) is 9.12. The lowest BCUT2D eigenvalue weighted by Gasteiger charge is -2.44. The van der Waals surface area contributed by atoms with Gasteiger partial charge in [-0.15, -0.1) is 0 Å². The zero-order valence-electron chi connectivity index (χ0n) is 15.4. The van der Waals surface area contributed by atoms with Crippen LogP contribution in [0, 0.1) is 5.92 Å². The van der Waals surface area contributed by atoms with Crippen LogP contribution in [0.1, 0.15) is 24.1 Å². The smallest absolute Gasteiger partial charge is 0.234 e. The number of benzene rings is 2. The summed E-state index contributed by atoms with van der Waals surface area (Å²) in [4.78, 5) is 17.2. The van der Waals surface area contributed by atoms with Gasteiger partial charge in [-0.25, -0.2) is 0 Å². The quantitative estimate of drug-likeness (QED) is 0.927. The monoisotopic (exact) mass is 347 g/mol. The molecule has 3 atom stereocenters. The first-order chi connectivity index (χ1) is 12.5. The second kappa shape index (κ2) is 6.29. The number of carbonyl (C=O) groups is 1. The molecule has 2 fully saturated rings. The predicted octanol–water partition coefficient (Wildman–Crippen LogP) is 3.11. The van der Waals surface area contributed by atoms with Crippen molar-refractivity contribution in [1.82, 2.24) is 15.1 Å². The molecular weight excluding hydrogens is 322 g/mol. The molecule has 134 valence electrons. The van der Waals surface area contributed by atoms with Crippen LogP contribution in [0.4, 0.5) is 0 Å². The van der Waals surface area contributed by atoms with Gasteiger partial charge in [0.25, 0.3) is 0 Å². The standard InChI is InChI=1S/C22H25N3O/c1-16(18-10-6-4-7-11-18)25-14-20-21(26)24(3)17(2)23-22(20,15-25)19-12-8-5-9-13-19/h4-13,16,20,23H,2,14-15H2,1,3H3/t16-,20?,22?/m1/s1. The number of carbonyl (C=O) groups excluding carboxylic acids is 1. The molecule has 1 N–H and O–H groups in total. The predicted molar refractivity (Wildman–Crippen MR) is 103 cm³/mol. The average Bonchev–Trinajstić information content (AvgIpc) is 3.08. The van der Waals surface area contributed by atoms with E-state index in [9.17, 15) is 4.79 Å². The largest absolute Gasteiger partial charge is 0.360 e. The molecule has 0 radical (unpaired) electrons. The molecule has 0 spiro atoms. The molecule has 0 bridgehead atoms.